The van der Waals surface area contributed by atoms with E-state index in [1.54, 1.807) is 12.4 Å². The van der Waals surface area contributed by atoms with Crippen molar-refractivity contribution < 1.29 is 9.32 Å². The Morgan fingerprint density at radius 1 is 1.12 bits per heavy atom. The molecule has 2 aromatic heterocycles. The van der Waals surface area contributed by atoms with E-state index in [1.807, 2.05) is 0 Å². The summed E-state index contributed by atoms with van der Waals surface area (Å²) < 4.78 is 13.2. The number of aromatic nitrogens is 4. The maximum atomic E-state index is 13.2. The lowest BCUT2D eigenvalue weighted by Crippen LogP contribution is -2.49. The summed E-state index contributed by atoms with van der Waals surface area (Å²) in [7, 11) is -1.12. The molecule has 0 spiro atoms. The van der Waals surface area contributed by atoms with E-state index in [4.69, 9.17) is 21.6 Å². The molecule has 182 valence electrons. The Morgan fingerprint density at radius 3 is 2.50 bits per heavy atom. The van der Waals surface area contributed by atoms with E-state index in [-0.39, 0.29) is 12.1 Å². The monoisotopic (exact) mass is 502 g/mol. The van der Waals surface area contributed by atoms with E-state index in [2.05, 4.69) is 20.2 Å². The van der Waals surface area contributed by atoms with Gasteiger partial charge in [-0.05, 0) is 64.2 Å². The fourth-order valence-corrected chi connectivity index (χ4v) is 7.64. The van der Waals surface area contributed by atoms with E-state index in [1.165, 1.54) is 0 Å². The van der Waals surface area contributed by atoms with E-state index in [9.17, 15) is 9.32 Å². The maximum absolute atomic E-state index is 13.2. The smallest absolute Gasteiger partial charge is 0.228 e. The average molecular weight is 503 g/mol. The number of aliphatic hydroxyl groups is 1. The normalized spacial score (nSPS) is 29.8. The van der Waals surface area contributed by atoms with Gasteiger partial charge in [-0.25, -0.2) is 15.0 Å². The summed E-state index contributed by atoms with van der Waals surface area (Å²) in [5, 5.41) is 14.2. The molecule has 2 saturated heterocycles. The van der Waals surface area contributed by atoms with Crippen LogP contribution < -0.4 is 10.2 Å². The molecule has 34 heavy (non-hydrogen) atoms. The average Bonchev–Trinajstić information content (AvgIpc) is 2.96. The molecule has 10 heteroatoms. The van der Waals surface area contributed by atoms with Crippen LogP contribution in [0.3, 0.4) is 0 Å². The second-order valence-corrected chi connectivity index (χ2v) is 12.2. The van der Waals surface area contributed by atoms with Crippen molar-refractivity contribution in [3.63, 3.8) is 0 Å². The van der Waals surface area contributed by atoms with Crippen LogP contribution in [0.5, 0.6) is 0 Å². The molecule has 0 radical (unpaired) electrons. The standard InChI is InChI=1S/C24H31ClN6O2S/c25-16-12-26-21(27-13-16)15-10-17-5-6-18(11-15)31(17)23-28-19-4-1-2-9-34(33)20(19)22(29-23)30-24(14-32)7-3-8-24/h12-13,15,17-18,32H,1-11,14H2,(H,28,29,30)/t15?,17?,18?,34-/m0/s1. The number of hydrogen-bond donors (Lipinski definition) is 2. The zero-order valence-corrected chi connectivity index (χ0v) is 20.8. The highest BCUT2D eigenvalue weighted by atomic mass is 35.5. The number of hydrogen-bond acceptors (Lipinski definition) is 8. The zero-order valence-electron chi connectivity index (χ0n) is 19.2. The molecule has 1 aliphatic carbocycles. The van der Waals surface area contributed by atoms with E-state index in [0.717, 1.165) is 86.6 Å². The lowest BCUT2D eigenvalue weighted by atomic mass is 9.77. The van der Waals surface area contributed by atoms with Crippen LogP contribution in [0.15, 0.2) is 17.3 Å². The second kappa shape index (κ2) is 8.99. The van der Waals surface area contributed by atoms with Gasteiger partial charge in [-0.15, -0.1) is 0 Å². The van der Waals surface area contributed by atoms with Crippen LogP contribution >= 0.6 is 11.6 Å². The first kappa shape index (κ1) is 22.6. The summed E-state index contributed by atoms with van der Waals surface area (Å²) in [6.07, 6.45) is 13.1. The molecule has 6 rings (SSSR count). The van der Waals surface area contributed by atoms with Crippen molar-refractivity contribution in [1.29, 1.82) is 0 Å². The third kappa shape index (κ3) is 3.99. The first-order valence-electron chi connectivity index (χ1n) is 12.5. The Balaban J connectivity index is 1.34. The number of fused-ring (bicyclic) bond motifs is 3. The number of anilines is 2. The van der Waals surface area contributed by atoms with Gasteiger partial charge in [0.25, 0.3) is 0 Å². The summed E-state index contributed by atoms with van der Waals surface area (Å²) in [5.41, 5.74) is 0.562. The second-order valence-electron chi connectivity index (χ2n) is 10.3. The van der Waals surface area contributed by atoms with Gasteiger partial charge in [-0.1, -0.05) is 11.6 Å². The number of halogens is 1. The molecule has 3 atom stereocenters. The van der Waals surface area contributed by atoms with Gasteiger partial charge in [0.1, 0.15) is 16.5 Å². The Hall–Kier alpha value is -1.84. The molecule has 8 nitrogen and oxygen atoms in total. The Morgan fingerprint density at radius 2 is 1.85 bits per heavy atom. The van der Waals surface area contributed by atoms with Crippen molar-refractivity contribution in [2.75, 3.05) is 22.6 Å². The molecule has 4 aliphatic rings. The molecule has 2 unspecified atom stereocenters. The molecular formula is C24H31ClN6O2S. The Bertz CT molecular complexity index is 1080. The lowest BCUT2D eigenvalue weighted by Gasteiger charge is -2.42. The molecule has 3 aliphatic heterocycles. The van der Waals surface area contributed by atoms with E-state index < -0.39 is 10.8 Å². The van der Waals surface area contributed by atoms with Crippen molar-refractivity contribution in [3.8, 4) is 0 Å². The molecule has 1 saturated carbocycles. The van der Waals surface area contributed by atoms with Crippen LogP contribution in [0.25, 0.3) is 0 Å². The largest absolute Gasteiger partial charge is 0.394 e. The van der Waals surface area contributed by atoms with Crippen molar-refractivity contribution in [2.45, 2.75) is 92.6 Å². The Kier molecular flexibility index (Phi) is 5.98. The van der Waals surface area contributed by atoms with Crippen LogP contribution in [0.1, 0.15) is 75.2 Å². The lowest BCUT2D eigenvalue weighted by molar-refractivity contribution is 0.143. The summed E-state index contributed by atoms with van der Waals surface area (Å²) >= 11 is 6.00. The van der Waals surface area contributed by atoms with Gasteiger partial charge in [-0.3, -0.25) is 4.21 Å². The highest BCUT2D eigenvalue weighted by Crippen LogP contribution is 2.45. The quantitative estimate of drug-likeness (QED) is 0.639. The van der Waals surface area contributed by atoms with Crippen molar-refractivity contribution in [1.82, 2.24) is 19.9 Å². The number of nitrogens with zero attached hydrogens (tertiary/aromatic N) is 5. The SMILES string of the molecule is O=[S@]1CCCCc2nc(N3C4CCC3CC(c3ncc(Cl)cn3)C4)nc(NC3(CO)CCC3)c21. The number of piperidine rings is 1. The topological polar surface area (TPSA) is 104 Å². The predicted molar refractivity (Wildman–Crippen MR) is 132 cm³/mol. The van der Waals surface area contributed by atoms with Crippen LogP contribution in [0.2, 0.25) is 5.02 Å². The highest BCUT2D eigenvalue weighted by Gasteiger charge is 2.44. The van der Waals surface area contributed by atoms with Crippen LogP contribution in [-0.2, 0) is 17.2 Å². The summed E-state index contributed by atoms with van der Waals surface area (Å²) in [5.74, 6) is 3.25. The van der Waals surface area contributed by atoms with Crippen molar-refractivity contribution in [3.05, 3.63) is 28.9 Å². The maximum Gasteiger partial charge on any atom is 0.228 e. The third-order valence-electron chi connectivity index (χ3n) is 8.11. The van der Waals surface area contributed by atoms with Crippen molar-refractivity contribution >= 4 is 34.2 Å². The van der Waals surface area contributed by atoms with Crippen LogP contribution in [-0.4, -0.2) is 59.2 Å². The molecule has 2 bridgehead atoms. The molecular weight excluding hydrogens is 472 g/mol. The van der Waals surface area contributed by atoms with Gasteiger partial charge >= 0.3 is 0 Å². The van der Waals surface area contributed by atoms with E-state index in [0.29, 0.717) is 34.6 Å². The van der Waals surface area contributed by atoms with Gasteiger partial charge in [0, 0.05) is 36.1 Å². The molecule has 2 N–H and O–H groups in total. The zero-order chi connectivity index (χ0) is 23.3. The minimum Gasteiger partial charge on any atom is -0.394 e. The first-order chi connectivity index (χ1) is 16.5. The first-order valence-corrected chi connectivity index (χ1v) is 14.2. The summed E-state index contributed by atoms with van der Waals surface area (Å²) in [6.45, 7) is 0.0610. The van der Waals surface area contributed by atoms with Crippen LogP contribution in [0, 0.1) is 0 Å². The molecule has 0 amide bonds. The van der Waals surface area contributed by atoms with Gasteiger partial charge in [-0.2, -0.15) is 4.98 Å². The van der Waals surface area contributed by atoms with Gasteiger partial charge in [0.05, 0.1) is 33.7 Å². The fraction of sp³-hybridized carbons (Fsp3) is 0.667. The Labute approximate surface area is 207 Å². The molecule has 3 fully saturated rings. The summed E-state index contributed by atoms with van der Waals surface area (Å²) in [4.78, 5) is 22.2. The fourth-order valence-electron chi connectivity index (χ4n) is 6.15. The van der Waals surface area contributed by atoms with Gasteiger partial charge in [0.15, 0.2) is 0 Å². The van der Waals surface area contributed by atoms with Crippen LogP contribution in [0.4, 0.5) is 11.8 Å². The number of nitrogens with one attached hydrogen (secondary N) is 1. The molecule has 5 heterocycles. The predicted octanol–water partition coefficient (Wildman–Crippen LogP) is 3.61. The number of aliphatic hydroxyl groups excluding tert-OH is 1. The minimum atomic E-state index is -1.12. The summed E-state index contributed by atoms with van der Waals surface area (Å²) in [6, 6.07) is 0.668. The van der Waals surface area contributed by atoms with E-state index >= 15 is 0 Å². The van der Waals surface area contributed by atoms with Gasteiger partial charge in [0.2, 0.25) is 5.95 Å². The molecule has 0 aromatic carbocycles. The number of aryl methyl sites for hydroxylation is 1. The minimum absolute atomic E-state index is 0.0610. The molecule has 2 aromatic rings. The highest BCUT2D eigenvalue weighted by molar-refractivity contribution is 7.85. The number of rotatable bonds is 5. The van der Waals surface area contributed by atoms with Gasteiger partial charge < -0.3 is 15.3 Å². The van der Waals surface area contributed by atoms with Crippen molar-refractivity contribution in [2.24, 2.45) is 0 Å². The third-order valence-corrected chi connectivity index (χ3v) is 9.85.